The number of carbonyl (C=O) groups is 5. The summed E-state index contributed by atoms with van der Waals surface area (Å²) in [5.74, 6) is -2.34. The topological polar surface area (TPSA) is 166 Å². The van der Waals surface area contributed by atoms with Crippen LogP contribution in [0.3, 0.4) is 0 Å². The summed E-state index contributed by atoms with van der Waals surface area (Å²) in [7, 11) is 0. The van der Waals surface area contributed by atoms with Gasteiger partial charge in [0.15, 0.2) is 0 Å². The van der Waals surface area contributed by atoms with E-state index in [-0.39, 0.29) is 24.6 Å². The first-order valence-corrected chi connectivity index (χ1v) is 13.2. The number of nitrogens with one attached hydrogen (secondary N) is 5. The number of hydrogen-bond donors (Lipinski definition) is 6. The van der Waals surface area contributed by atoms with Crippen LogP contribution in [0.15, 0.2) is 24.3 Å². The third kappa shape index (κ3) is 13.6. The van der Waals surface area contributed by atoms with Gasteiger partial charge in [-0.2, -0.15) is 0 Å². The molecule has 5 amide bonds. The van der Waals surface area contributed by atoms with Gasteiger partial charge in [0, 0.05) is 19.9 Å². The third-order valence-corrected chi connectivity index (χ3v) is 5.85. The van der Waals surface area contributed by atoms with E-state index in [1.54, 1.807) is 12.1 Å². The summed E-state index contributed by atoms with van der Waals surface area (Å²) in [5.41, 5.74) is 0.704. The second-order valence-electron chi connectivity index (χ2n) is 9.42. The monoisotopic (exact) mass is 533 g/mol. The molecule has 0 aliphatic heterocycles. The molecule has 0 heterocycles. The number of unbranched alkanes of at least 4 members (excludes halogenated alkanes) is 5. The Kier molecular flexibility index (Phi) is 15.1. The lowest BCUT2D eigenvalue weighted by Crippen LogP contribution is -2.55. The standard InChI is InChI=1S/C27H43N5O6/c1-5-6-7-8-9-10-15-28-24(35)17-29-25(36)18(2)30-26(37)19(3)31-27(38)23(32-20(4)33)16-21-11-13-22(34)14-12-21/h11-14,18-19,23,34H,5-10,15-17H2,1-4H3,(H,28,35)(H,29,36)(H,30,37)(H,31,38)(H,32,33)/t18-,19-,23-/m0/s1. The first kappa shape index (κ1) is 32.4. The van der Waals surface area contributed by atoms with Gasteiger partial charge in [-0.1, -0.05) is 51.2 Å². The van der Waals surface area contributed by atoms with Crippen molar-refractivity contribution in [3.8, 4) is 5.75 Å². The maximum atomic E-state index is 12.8. The molecule has 0 spiro atoms. The maximum absolute atomic E-state index is 12.8. The Morgan fingerprint density at radius 1 is 0.763 bits per heavy atom. The van der Waals surface area contributed by atoms with Gasteiger partial charge in [0.05, 0.1) is 6.54 Å². The predicted molar refractivity (Wildman–Crippen MR) is 144 cm³/mol. The van der Waals surface area contributed by atoms with Crippen LogP contribution in [0, 0.1) is 0 Å². The molecule has 1 rings (SSSR count). The molecule has 38 heavy (non-hydrogen) atoms. The van der Waals surface area contributed by atoms with E-state index < -0.39 is 41.8 Å². The lowest BCUT2D eigenvalue weighted by atomic mass is 10.0. The van der Waals surface area contributed by atoms with E-state index in [9.17, 15) is 29.1 Å². The van der Waals surface area contributed by atoms with Gasteiger partial charge < -0.3 is 31.7 Å². The summed E-state index contributed by atoms with van der Waals surface area (Å²) in [6.45, 7) is 6.72. The van der Waals surface area contributed by atoms with E-state index in [0.29, 0.717) is 12.1 Å². The van der Waals surface area contributed by atoms with Crippen molar-refractivity contribution in [1.82, 2.24) is 26.6 Å². The first-order valence-electron chi connectivity index (χ1n) is 13.2. The molecule has 6 N–H and O–H groups in total. The molecule has 0 fully saturated rings. The molecule has 0 aromatic heterocycles. The number of phenolic OH excluding ortho intramolecular Hbond substituents is 1. The van der Waals surface area contributed by atoms with Gasteiger partial charge in [0.1, 0.15) is 23.9 Å². The zero-order chi connectivity index (χ0) is 28.5. The van der Waals surface area contributed by atoms with Crippen LogP contribution in [0.5, 0.6) is 5.75 Å². The van der Waals surface area contributed by atoms with Crippen molar-refractivity contribution in [3.05, 3.63) is 29.8 Å². The van der Waals surface area contributed by atoms with Gasteiger partial charge in [-0.15, -0.1) is 0 Å². The predicted octanol–water partition coefficient (Wildman–Crippen LogP) is 1.04. The van der Waals surface area contributed by atoms with Crippen molar-refractivity contribution in [3.63, 3.8) is 0 Å². The molecule has 1 aromatic carbocycles. The molecule has 0 saturated heterocycles. The molecule has 0 bridgehead atoms. The zero-order valence-electron chi connectivity index (χ0n) is 22.9. The lowest BCUT2D eigenvalue weighted by Gasteiger charge is -2.22. The summed E-state index contributed by atoms with van der Waals surface area (Å²) in [5, 5.41) is 22.3. The molecule has 0 saturated carbocycles. The van der Waals surface area contributed by atoms with Crippen molar-refractivity contribution in [2.24, 2.45) is 0 Å². The Morgan fingerprint density at radius 3 is 1.97 bits per heavy atom. The number of carbonyl (C=O) groups excluding carboxylic acids is 5. The Hall–Kier alpha value is -3.63. The van der Waals surface area contributed by atoms with Gasteiger partial charge in [-0.3, -0.25) is 24.0 Å². The fraction of sp³-hybridized carbons (Fsp3) is 0.593. The number of amides is 5. The van der Waals surface area contributed by atoms with Crippen molar-refractivity contribution >= 4 is 29.5 Å². The highest BCUT2D eigenvalue weighted by molar-refractivity contribution is 5.94. The van der Waals surface area contributed by atoms with E-state index in [1.807, 2.05) is 0 Å². The average Bonchev–Trinajstić information content (AvgIpc) is 2.87. The minimum Gasteiger partial charge on any atom is -0.508 e. The van der Waals surface area contributed by atoms with Crippen LogP contribution >= 0.6 is 0 Å². The van der Waals surface area contributed by atoms with Crippen LogP contribution in [0.25, 0.3) is 0 Å². The van der Waals surface area contributed by atoms with Gasteiger partial charge in [0.2, 0.25) is 29.5 Å². The molecule has 11 nitrogen and oxygen atoms in total. The highest BCUT2D eigenvalue weighted by Gasteiger charge is 2.25. The summed E-state index contributed by atoms with van der Waals surface area (Å²) in [4.78, 5) is 61.1. The quantitative estimate of drug-likeness (QED) is 0.164. The Balaban J connectivity index is 2.44. The minimum absolute atomic E-state index is 0.0755. The fourth-order valence-electron chi connectivity index (χ4n) is 3.62. The second-order valence-corrected chi connectivity index (χ2v) is 9.42. The van der Waals surface area contributed by atoms with Gasteiger partial charge in [-0.05, 0) is 38.0 Å². The van der Waals surface area contributed by atoms with Crippen molar-refractivity contribution in [1.29, 1.82) is 0 Å². The van der Waals surface area contributed by atoms with Crippen molar-refractivity contribution < 1.29 is 29.1 Å². The highest BCUT2D eigenvalue weighted by atomic mass is 16.3. The molecule has 3 atom stereocenters. The molecule has 0 aliphatic rings. The van der Waals surface area contributed by atoms with Crippen LogP contribution < -0.4 is 26.6 Å². The van der Waals surface area contributed by atoms with Gasteiger partial charge in [-0.25, -0.2) is 0 Å². The summed E-state index contributed by atoms with van der Waals surface area (Å²) in [6.07, 6.45) is 6.83. The number of hydrogen-bond acceptors (Lipinski definition) is 6. The Labute approximate surface area is 224 Å². The minimum atomic E-state index is -0.991. The SMILES string of the molecule is CCCCCCCCNC(=O)CNC(=O)[C@H](C)NC(=O)[C@H](C)NC(=O)[C@H](Cc1ccc(O)cc1)NC(C)=O. The number of rotatable bonds is 17. The van der Waals surface area contributed by atoms with E-state index in [1.165, 1.54) is 52.2 Å². The lowest BCUT2D eigenvalue weighted by molar-refractivity contribution is -0.133. The molecular formula is C27H43N5O6. The van der Waals surface area contributed by atoms with Crippen LogP contribution in [0.4, 0.5) is 0 Å². The Morgan fingerprint density at radius 2 is 1.34 bits per heavy atom. The molecule has 0 radical (unpaired) electrons. The van der Waals surface area contributed by atoms with E-state index in [4.69, 9.17) is 0 Å². The maximum Gasteiger partial charge on any atom is 0.243 e. The molecule has 11 heteroatoms. The van der Waals surface area contributed by atoms with E-state index >= 15 is 0 Å². The average molecular weight is 534 g/mol. The van der Waals surface area contributed by atoms with Gasteiger partial charge >= 0.3 is 0 Å². The van der Waals surface area contributed by atoms with Crippen molar-refractivity contribution in [2.45, 2.75) is 90.8 Å². The summed E-state index contributed by atoms with van der Waals surface area (Å²) >= 11 is 0. The summed E-state index contributed by atoms with van der Waals surface area (Å²) in [6, 6.07) is 3.33. The second kappa shape index (κ2) is 17.8. The largest absolute Gasteiger partial charge is 0.508 e. The smallest absolute Gasteiger partial charge is 0.243 e. The zero-order valence-corrected chi connectivity index (χ0v) is 22.9. The normalized spacial score (nSPS) is 12.9. The third-order valence-electron chi connectivity index (χ3n) is 5.85. The van der Waals surface area contributed by atoms with E-state index in [2.05, 4.69) is 33.5 Å². The van der Waals surface area contributed by atoms with E-state index in [0.717, 1.165) is 19.3 Å². The molecule has 212 valence electrons. The Bertz CT molecular complexity index is 921. The molecule has 1 aromatic rings. The van der Waals surface area contributed by atoms with Gasteiger partial charge in [0.25, 0.3) is 0 Å². The van der Waals surface area contributed by atoms with Crippen LogP contribution in [0.2, 0.25) is 0 Å². The number of aromatic hydroxyl groups is 1. The van der Waals surface area contributed by atoms with Crippen molar-refractivity contribution in [2.75, 3.05) is 13.1 Å². The summed E-state index contributed by atoms with van der Waals surface area (Å²) < 4.78 is 0. The fourth-order valence-corrected chi connectivity index (χ4v) is 3.62. The molecule has 0 aliphatic carbocycles. The van der Waals surface area contributed by atoms with Crippen LogP contribution in [0.1, 0.15) is 71.8 Å². The molecule has 0 unspecified atom stereocenters. The number of phenols is 1. The highest BCUT2D eigenvalue weighted by Crippen LogP contribution is 2.11. The van der Waals surface area contributed by atoms with Crippen LogP contribution in [-0.4, -0.2) is 65.9 Å². The molecular weight excluding hydrogens is 490 g/mol. The first-order chi connectivity index (χ1) is 18.0. The van der Waals surface area contributed by atoms with Crippen LogP contribution in [-0.2, 0) is 30.4 Å². The number of benzene rings is 1.